The van der Waals surface area contributed by atoms with E-state index in [1.807, 2.05) is 0 Å². The number of carbonyl (C=O) groups excluding carboxylic acids is 1. The number of alkyl halides is 3. The number of rotatable bonds is 6. The van der Waals surface area contributed by atoms with Crippen molar-refractivity contribution in [1.29, 1.82) is 0 Å². The van der Waals surface area contributed by atoms with Gasteiger partial charge in [-0.3, -0.25) is 9.59 Å². The Hall–Kier alpha value is -2.29. The minimum absolute atomic E-state index is 0.162. The van der Waals surface area contributed by atoms with Gasteiger partial charge in [0.05, 0.1) is 18.6 Å². The predicted octanol–water partition coefficient (Wildman–Crippen LogP) is 2.21. The Labute approximate surface area is 135 Å². The van der Waals surface area contributed by atoms with Crippen LogP contribution in [-0.4, -0.2) is 48.5 Å². The first-order valence-electron chi connectivity index (χ1n) is 7.10. The van der Waals surface area contributed by atoms with Crippen molar-refractivity contribution in [3.63, 3.8) is 0 Å². The summed E-state index contributed by atoms with van der Waals surface area (Å²) in [6.07, 6.45) is -4.97. The highest BCUT2D eigenvalue weighted by Crippen LogP contribution is 2.38. The van der Waals surface area contributed by atoms with Gasteiger partial charge in [0.1, 0.15) is 5.75 Å². The van der Waals surface area contributed by atoms with Crippen LogP contribution in [0.5, 0.6) is 5.75 Å². The zero-order chi connectivity index (χ0) is 17.9. The van der Waals surface area contributed by atoms with Crippen LogP contribution in [0.2, 0.25) is 0 Å². The zero-order valence-electron chi connectivity index (χ0n) is 12.7. The molecule has 1 saturated heterocycles. The maximum Gasteiger partial charge on any atom is 0.573 e. The number of methoxy groups -OCH3 is 1. The molecule has 0 aromatic heterocycles. The minimum atomic E-state index is -4.81. The molecule has 0 saturated carbocycles. The molecule has 1 aromatic carbocycles. The first-order chi connectivity index (χ1) is 11.2. The molecule has 0 radical (unpaired) electrons. The molecule has 0 aliphatic carbocycles. The van der Waals surface area contributed by atoms with E-state index in [1.54, 1.807) is 0 Å². The van der Waals surface area contributed by atoms with Gasteiger partial charge in [0.2, 0.25) is 5.91 Å². The Morgan fingerprint density at radius 2 is 1.96 bits per heavy atom. The normalized spacial score (nSPS) is 21.2. The number of benzene rings is 1. The van der Waals surface area contributed by atoms with Gasteiger partial charge in [0, 0.05) is 20.1 Å². The third-order valence-corrected chi connectivity index (χ3v) is 3.74. The fourth-order valence-electron chi connectivity index (χ4n) is 2.74. The lowest BCUT2D eigenvalue weighted by molar-refractivity contribution is -0.274. The quantitative estimate of drug-likeness (QED) is 0.854. The van der Waals surface area contributed by atoms with E-state index in [1.165, 1.54) is 24.1 Å². The van der Waals surface area contributed by atoms with Crippen LogP contribution in [0.1, 0.15) is 18.0 Å². The van der Waals surface area contributed by atoms with E-state index in [9.17, 15) is 27.9 Å². The summed E-state index contributed by atoms with van der Waals surface area (Å²) in [4.78, 5) is 24.9. The van der Waals surface area contributed by atoms with E-state index in [-0.39, 0.29) is 25.5 Å². The van der Waals surface area contributed by atoms with Gasteiger partial charge in [0.25, 0.3) is 0 Å². The molecule has 0 bridgehead atoms. The van der Waals surface area contributed by atoms with Crippen LogP contribution in [-0.2, 0) is 14.3 Å². The molecular formula is C15H16F3NO5. The molecule has 1 amide bonds. The maximum absolute atomic E-state index is 12.2. The molecule has 0 spiro atoms. The third-order valence-electron chi connectivity index (χ3n) is 3.74. The largest absolute Gasteiger partial charge is 0.573 e. The second-order valence-corrected chi connectivity index (χ2v) is 5.29. The van der Waals surface area contributed by atoms with Crippen molar-refractivity contribution in [2.45, 2.75) is 18.8 Å². The molecule has 1 aliphatic heterocycles. The molecular weight excluding hydrogens is 331 g/mol. The second kappa shape index (κ2) is 7.08. The molecule has 1 fully saturated rings. The summed E-state index contributed by atoms with van der Waals surface area (Å²) in [5, 5.41) is 9.33. The molecule has 24 heavy (non-hydrogen) atoms. The lowest BCUT2D eigenvalue weighted by Gasteiger charge is -2.27. The number of ether oxygens (including phenoxy) is 2. The Kier molecular flexibility index (Phi) is 5.33. The monoisotopic (exact) mass is 347 g/mol. The van der Waals surface area contributed by atoms with Gasteiger partial charge >= 0.3 is 12.3 Å². The molecule has 1 aliphatic rings. The highest BCUT2D eigenvalue weighted by molar-refractivity contribution is 5.87. The van der Waals surface area contributed by atoms with E-state index in [2.05, 4.69) is 4.74 Å². The van der Waals surface area contributed by atoms with Gasteiger partial charge in [0.15, 0.2) is 0 Å². The summed E-state index contributed by atoms with van der Waals surface area (Å²) in [6.45, 7) is 0.425. The van der Waals surface area contributed by atoms with Crippen molar-refractivity contribution in [2.24, 2.45) is 5.92 Å². The van der Waals surface area contributed by atoms with Crippen LogP contribution in [0, 0.1) is 5.92 Å². The summed E-state index contributed by atoms with van der Waals surface area (Å²) in [5.41, 5.74) is 0.430. The van der Waals surface area contributed by atoms with Gasteiger partial charge in [-0.1, -0.05) is 12.1 Å². The van der Waals surface area contributed by atoms with Crippen molar-refractivity contribution in [2.75, 3.05) is 20.3 Å². The Morgan fingerprint density at radius 3 is 2.46 bits per heavy atom. The lowest BCUT2D eigenvalue weighted by Crippen LogP contribution is -2.33. The fourth-order valence-corrected chi connectivity index (χ4v) is 2.74. The summed E-state index contributed by atoms with van der Waals surface area (Å²) in [7, 11) is 1.45. The summed E-state index contributed by atoms with van der Waals surface area (Å²) >= 11 is 0. The van der Waals surface area contributed by atoms with Gasteiger partial charge in [-0.15, -0.1) is 13.2 Å². The Morgan fingerprint density at radius 1 is 1.33 bits per heavy atom. The number of aliphatic carboxylic acids is 1. The van der Waals surface area contributed by atoms with E-state index < -0.39 is 30.0 Å². The number of hydrogen-bond donors (Lipinski definition) is 1. The molecule has 9 heteroatoms. The number of carboxylic acid groups (broad SMARTS) is 1. The van der Waals surface area contributed by atoms with Crippen LogP contribution < -0.4 is 4.74 Å². The molecule has 1 heterocycles. The van der Waals surface area contributed by atoms with Crippen molar-refractivity contribution >= 4 is 11.9 Å². The lowest BCUT2D eigenvalue weighted by atomic mass is 9.93. The zero-order valence-corrected chi connectivity index (χ0v) is 12.7. The highest BCUT2D eigenvalue weighted by Gasteiger charge is 2.44. The van der Waals surface area contributed by atoms with Gasteiger partial charge in [-0.05, 0) is 17.7 Å². The maximum atomic E-state index is 12.2. The number of carboxylic acids is 1. The highest BCUT2D eigenvalue weighted by atomic mass is 19.4. The smallest absolute Gasteiger partial charge is 0.481 e. The van der Waals surface area contributed by atoms with E-state index >= 15 is 0 Å². The minimum Gasteiger partial charge on any atom is -0.481 e. The van der Waals surface area contributed by atoms with Crippen molar-refractivity contribution in [1.82, 2.24) is 4.90 Å². The fraction of sp³-hybridized carbons (Fsp3) is 0.467. The molecule has 2 atom stereocenters. The number of halogens is 3. The number of likely N-dealkylation sites (tertiary alicyclic amines) is 1. The van der Waals surface area contributed by atoms with E-state index in [4.69, 9.17) is 4.74 Å². The van der Waals surface area contributed by atoms with Gasteiger partial charge < -0.3 is 19.5 Å². The summed E-state index contributed by atoms with van der Waals surface area (Å²) in [6, 6.07) is 4.10. The predicted molar refractivity (Wildman–Crippen MR) is 75.2 cm³/mol. The molecule has 6 nitrogen and oxygen atoms in total. The number of carbonyl (C=O) groups is 2. The van der Waals surface area contributed by atoms with E-state index in [0.29, 0.717) is 5.56 Å². The average molecular weight is 347 g/mol. The van der Waals surface area contributed by atoms with Crippen LogP contribution in [0.3, 0.4) is 0 Å². The Balaban J connectivity index is 2.26. The summed E-state index contributed by atoms with van der Waals surface area (Å²) < 4.78 is 45.3. The molecule has 1 N–H and O–H groups in total. The van der Waals surface area contributed by atoms with Crippen LogP contribution in [0.25, 0.3) is 0 Å². The van der Waals surface area contributed by atoms with Crippen molar-refractivity contribution < 1.29 is 37.3 Å². The molecule has 2 rings (SSSR count). The first-order valence-corrected chi connectivity index (χ1v) is 7.10. The van der Waals surface area contributed by atoms with Crippen molar-refractivity contribution in [3.05, 3.63) is 29.8 Å². The average Bonchev–Trinajstić information content (AvgIpc) is 2.81. The van der Waals surface area contributed by atoms with Crippen LogP contribution in [0.15, 0.2) is 24.3 Å². The standard InChI is InChI=1S/C15H16F3NO5/c1-23-7-6-19-12(20)8-11(14(21)22)13(19)9-2-4-10(5-3-9)24-15(16,17)18/h2-5,11,13H,6-8H2,1H3,(H,21,22)/t11-,13-/m0/s1. The second-order valence-electron chi connectivity index (χ2n) is 5.29. The molecule has 1 aromatic rings. The van der Waals surface area contributed by atoms with Crippen LogP contribution in [0.4, 0.5) is 13.2 Å². The van der Waals surface area contributed by atoms with Crippen molar-refractivity contribution in [3.8, 4) is 5.75 Å². The van der Waals surface area contributed by atoms with E-state index in [0.717, 1.165) is 12.1 Å². The molecule has 132 valence electrons. The SMILES string of the molecule is COCCN1C(=O)C[C@H](C(=O)O)[C@@H]1c1ccc(OC(F)(F)F)cc1. The number of nitrogens with zero attached hydrogens (tertiary/aromatic N) is 1. The topological polar surface area (TPSA) is 76.1 Å². The Bertz CT molecular complexity index is 602. The summed E-state index contributed by atoms with van der Waals surface area (Å²) in [5.74, 6) is -2.85. The number of hydrogen-bond acceptors (Lipinski definition) is 4. The third kappa shape index (κ3) is 4.16. The first kappa shape index (κ1) is 18.1. The number of amides is 1. The van der Waals surface area contributed by atoms with Gasteiger partial charge in [-0.2, -0.15) is 0 Å². The van der Waals surface area contributed by atoms with Crippen LogP contribution >= 0.6 is 0 Å². The van der Waals surface area contributed by atoms with Gasteiger partial charge in [-0.25, -0.2) is 0 Å². The molecule has 0 unspecified atom stereocenters.